The standard InChI is InChI=1S/C21H19N5O/c1-15-3-8-20(22-11-15)16-4-6-18(7-5-16)27-14-21-19(13-26(2)25-21)17-9-10-23-24-12-17/h3-13H,14H2,1-2H3. The van der Waals surface area contributed by atoms with E-state index < -0.39 is 0 Å². The number of nitrogens with zero attached hydrogens (tertiary/aromatic N) is 5. The first kappa shape index (κ1) is 16.9. The molecule has 0 unspecified atom stereocenters. The maximum Gasteiger partial charge on any atom is 0.133 e. The third-order valence-corrected chi connectivity index (χ3v) is 4.24. The Morgan fingerprint density at radius 2 is 1.78 bits per heavy atom. The van der Waals surface area contributed by atoms with E-state index in [0.717, 1.165) is 39.4 Å². The summed E-state index contributed by atoms with van der Waals surface area (Å²) in [4.78, 5) is 4.46. The van der Waals surface area contributed by atoms with Crippen LogP contribution in [0.5, 0.6) is 5.75 Å². The van der Waals surface area contributed by atoms with Crippen molar-refractivity contribution in [1.82, 2.24) is 25.0 Å². The van der Waals surface area contributed by atoms with Gasteiger partial charge in [-0.3, -0.25) is 9.67 Å². The molecule has 0 N–H and O–H groups in total. The summed E-state index contributed by atoms with van der Waals surface area (Å²) in [6.07, 6.45) is 7.23. The van der Waals surface area contributed by atoms with Gasteiger partial charge in [0.2, 0.25) is 0 Å². The molecular weight excluding hydrogens is 338 g/mol. The lowest BCUT2D eigenvalue weighted by Crippen LogP contribution is -1.99. The number of benzene rings is 1. The van der Waals surface area contributed by atoms with Gasteiger partial charge in [-0.15, -0.1) is 0 Å². The van der Waals surface area contributed by atoms with E-state index >= 15 is 0 Å². The summed E-state index contributed by atoms with van der Waals surface area (Å²) in [7, 11) is 1.89. The molecule has 0 fully saturated rings. The van der Waals surface area contributed by atoms with Crippen LogP contribution in [0.15, 0.2) is 67.3 Å². The fourth-order valence-electron chi connectivity index (χ4n) is 2.84. The molecule has 0 spiro atoms. The number of aromatic nitrogens is 5. The summed E-state index contributed by atoms with van der Waals surface area (Å²) < 4.78 is 7.72. The van der Waals surface area contributed by atoms with Crippen LogP contribution in [-0.2, 0) is 13.7 Å². The summed E-state index contributed by atoms with van der Waals surface area (Å²) >= 11 is 0. The lowest BCUT2D eigenvalue weighted by atomic mass is 10.1. The van der Waals surface area contributed by atoms with Crippen LogP contribution in [0.4, 0.5) is 0 Å². The molecular formula is C21H19N5O. The predicted octanol–water partition coefficient (Wildman–Crippen LogP) is 3.83. The monoisotopic (exact) mass is 357 g/mol. The third-order valence-electron chi connectivity index (χ3n) is 4.24. The quantitative estimate of drug-likeness (QED) is 0.543. The Morgan fingerprint density at radius 1 is 0.926 bits per heavy atom. The largest absolute Gasteiger partial charge is 0.487 e. The summed E-state index contributed by atoms with van der Waals surface area (Å²) in [5, 5.41) is 12.3. The zero-order chi connectivity index (χ0) is 18.6. The first-order chi connectivity index (χ1) is 13.2. The molecule has 27 heavy (non-hydrogen) atoms. The van der Waals surface area contributed by atoms with Crippen LogP contribution in [0.25, 0.3) is 22.4 Å². The van der Waals surface area contributed by atoms with E-state index in [9.17, 15) is 0 Å². The van der Waals surface area contributed by atoms with Crippen molar-refractivity contribution in [3.63, 3.8) is 0 Å². The SMILES string of the molecule is Cc1ccc(-c2ccc(OCc3nn(C)cc3-c3ccnnc3)cc2)nc1. The molecule has 0 saturated heterocycles. The van der Waals surface area contributed by atoms with Crippen molar-refractivity contribution < 1.29 is 4.74 Å². The molecule has 4 rings (SSSR count). The Labute approximate surface area is 157 Å². The smallest absolute Gasteiger partial charge is 0.133 e. The summed E-state index contributed by atoms with van der Waals surface area (Å²) in [6.45, 7) is 2.40. The van der Waals surface area contributed by atoms with Crippen LogP contribution in [0.2, 0.25) is 0 Å². The maximum atomic E-state index is 5.95. The number of aryl methyl sites for hydroxylation is 2. The van der Waals surface area contributed by atoms with E-state index in [-0.39, 0.29) is 0 Å². The van der Waals surface area contributed by atoms with Crippen molar-refractivity contribution >= 4 is 0 Å². The Hall–Kier alpha value is -3.54. The first-order valence-corrected chi connectivity index (χ1v) is 8.64. The summed E-state index contributed by atoms with van der Waals surface area (Å²) in [6, 6.07) is 13.9. The minimum atomic E-state index is 0.376. The number of hydrogen-bond acceptors (Lipinski definition) is 5. The van der Waals surface area contributed by atoms with Crippen molar-refractivity contribution in [3.05, 3.63) is 78.5 Å². The second-order valence-corrected chi connectivity index (χ2v) is 6.33. The highest BCUT2D eigenvalue weighted by molar-refractivity contribution is 5.64. The van der Waals surface area contributed by atoms with E-state index in [4.69, 9.17) is 4.74 Å². The van der Waals surface area contributed by atoms with Gasteiger partial charge in [-0.2, -0.15) is 15.3 Å². The van der Waals surface area contributed by atoms with Gasteiger partial charge in [-0.1, -0.05) is 6.07 Å². The molecule has 3 heterocycles. The van der Waals surface area contributed by atoms with E-state index in [1.807, 2.05) is 62.8 Å². The lowest BCUT2D eigenvalue weighted by Gasteiger charge is -2.07. The fourth-order valence-corrected chi connectivity index (χ4v) is 2.84. The Bertz CT molecular complexity index is 1020. The number of rotatable bonds is 5. The van der Waals surface area contributed by atoms with Crippen molar-refractivity contribution in [2.24, 2.45) is 7.05 Å². The average molecular weight is 357 g/mol. The van der Waals surface area contributed by atoms with Gasteiger partial charge in [0.15, 0.2) is 0 Å². The number of hydrogen-bond donors (Lipinski definition) is 0. The van der Waals surface area contributed by atoms with Crippen LogP contribution in [0.1, 0.15) is 11.3 Å². The maximum absolute atomic E-state index is 5.95. The molecule has 6 nitrogen and oxygen atoms in total. The van der Waals surface area contributed by atoms with Crippen molar-refractivity contribution in [2.45, 2.75) is 13.5 Å². The minimum Gasteiger partial charge on any atom is -0.487 e. The number of pyridine rings is 1. The van der Waals surface area contributed by atoms with Crippen LogP contribution < -0.4 is 4.74 Å². The van der Waals surface area contributed by atoms with Gasteiger partial charge in [-0.05, 0) is 48.9 Å². The molecule has 0 atom stereocenters. The van der Waals surface area contributed by atoms with Crippen LogP contribution in [0.3, 0.4) is 0 Å². The van der Waals surface area contributed by atoms with Crippen LogP contribution in [0, 0.1) is 6.92 Å². The van der Waals surface area contributed by atoms with Gasteiger partial charge >= 0.3 is 0 Å². The second-order valence-electron chi connectivity index (χ2n) is 6.33. The zero-order valence-corrected chi connectivity index (χ0v) is 15.2. The molecule has 4 aromatic rings. The summed E-state index contributed by atoms with van der Waals surface area (Å²) in [5.41, 5.74) is 5.97. The topological polar surface area (TPSA) is 65.7 Å². The van der Waals surface area contributed by atoms with Gasteiger partial charge in [-0.25, -0.2) is 0 Å². The molecule has 0 aliphatic carbocycles. The molecule has 0 radical (unpaired) electrons. The third kappa shape index (κ3) is 3.84. The average Bonchev–Trinajstić information content (AvgIpc) is 3.09. The minimum absolute atomic E-state index is 0.376. The highest BCUT2D eigenvalue weighted by Gasteiger charge is 2.11. The van der Waals surface area contributed by atoms with Crippen LogP contribution >= 0.6 is 0 Å². The molecule has 0 amide bonds. The van der Waals surface area contributed by atoms with Gasteiger partial charge in [0.1, 0.15) is 18.1 Å². The predicted molar refractivity (Wildman–Crippen MR) is 103 cm³/mol. The van der Waals surface area contributed by atoms with Gasteiger partial charge in [0.25, 0.3) is 0 Å². The number of ether oxygens (including phenoxy) is 1. The lowest BCUT2D eigenvalue weighted by molar-refractivity contribution is 0.300. The first-order valence-electron chi connectivity index (χ1n) is 8.64. The normalized spacial score (nSPS) is 10.7. The van der Waals surface area contributed by atoms with Crippen molar-refractivity contribution in [3.8, 4) is 28.1 Å². The van der Waals surface area contributed by atoms with Gasteiger partial charge in [0, 0.05) is 36.1 Å². The Morgan fingerprint density at radius 3 is 2.48 bits per heavy atom. The van der Waals surface area contributed by atoms with Crippen molar-refractivity contribution in [2.75, 3.05) is 0 Å². The molecule has 0 aliphatic heterocycles. The molecule has 1 aromatic carbocycles. The summed E-state index contributed by atoms with van der Waals surface area (Å²) in [5.74, 6) is 0.787. The Balaban J connectivity index is 1.49. The fraction of sp³-hybridized carbons (Fsp3) is 0.143. The highest BCUT2D eigenvalue weighted by atomic mass is 16.5. The van der Waals surface area contributed by atoms with E-state index in [2.05, 4.69) is 26.3 Å². The van der Waals surface area contributed by atoms with E-state index in [1.54, 1.807) is 17.1 Å². The molecule has 0 aliphatic rings. The Kier molecular flexibility index (Phi) is 4.61. The highest BCUT2D eigenvalue weighted by Crippen LogP contribution is 2.24. The van der Waals surface area contributed by atoms with Crippen molar-refractivity contribution in [1.29, 1.82) is 0 Å². The van der Waals surface area contributed by atoms with E-state index in [1.165, 1.54) is 0 Å². The second kappa shape index (κ2) is 7.37. The molecule has 6 heteroatoms. The molecule has 3 aromatic heterocycles. The molecule has 0 bridgehead atoms. The van der Waals surface area contributed by atoms with Gasteiger partial charge in [0.05, 0.1) is 18.1 Å². The van der Waals surface area contributed by atoms with Crippen LogP contribution in [-0.4, -0.2) is 25.0 Å². The molecule has 0 saturated carbocycles. The van der Waals surface area contributed by atoms with Gasteiger partial charge < -0.3 is 4.74 Å². The molecule has 134 valence electrons. The van der Waals surface area contributed by atoms with E-state index in [0.29, 0.717) is 6.61 Å². The zero-order valence-electron chi connectivity index (χ0n) is 15.2.